The number of carbonyl (C=O) groups excluding carboxylic acids is 2. The molecule has 1 aliphatic heterocycles. The molecule has 1 N–H and O–H groups in total. The number of Topliss-reactive ketones (excluding diaryl/α,β-unsaturated/α-hetero) is 1. The Morgan fingerprint density at radius 2 is 1.54 bits per heavy atom. The van der Waals surface area contributed by atoms with Gasteiger partial charge >= 0.3 is 0 Å². The van der Waals surface area contributed by atoms with E-state index in [-0.39, 0.29) is 17.9 Å². The van der Waals surface area contributed by atoms with Crippen molar-refractivity contribution in [2.75, 3.05) is 48.7 Å². The fourth-order valence-corrected chi connectivity index (χ4v) is 4.28. The van der Waals surface area contributed by atoms with Crippen LogP contribution >= 0.6 is 0 Å². The molecule has 0 bridgehead atoms. The number of benzene rings is 2. The molecule has 0 aromatic heterocycles. The van der Waals surface area contributed by atoms with Gasteiger partial charge in [-0.1, -0.05) is 0 Å². The fraction of sp³-hybridized carbons (Fsp3) is 0.385. The van der Waals surface area contributed by atoms with Gasteiger partial charge in [0.2, 0.25) is 5.75 Å². The second kappa shape index (κ2) is 11.1. The molecular formula is C26H31NO8. The van der Waals surface area contributed by atoms with Crippen molar-refractivity contribution < 1.29 is 38.4 Å². The van der Waals surface area contributed by atoms with E-state index in [4.69, 9.17) is 23.7 Å². The lowest BCUT2D eigenvalue weighted by Gasteiger charge is -2.26. The van der Waals surface area contributed by atoms with Crippen LogP contribution in [0.4, 0.5) is 0 Å². The Hall–Kier alpha value is -3.72. The van der Waals surface area contributed by atoms with E-state index in [2.05, 4.69) is 0 Å². The molecule has 0 spiro atoms. The molecule has 3 rings (SSSR count). The quantitative estimate of drug-likeness (QED) is 0.236. The first-order valence-electron chi connectivity index (χ1n) is 11.0. The smallest absolute Gasteiger partial charge is 0.295 e. The highest BCUT2D eigenvalue weighted by atomic mass is 16.5. The highest BCUT2D eigenvalue weighted by Gasteiger charge is 2.46. The van der Waals surface area contributed by atoms with Gasteiger partial charge in [-0.25, -0.2) is 0 Å². The SMILES string of the molecule is COCCCN1C(=O)C(=O)/C(=C(/O)c2ccc(OC)c(C)c2)[C@@H]1c1cc(OC)c(OC)c(OC)c1. The molecule has 1 fully saturated rings. The molecule has 2 aromatic rings. The van der Waals surface area contributed by atoms with Crippen LogP contribution in [0.15, 0.2) is 35.9 Å². The zero-order valence-corrected chi connectivity index (χ0v) is 20.8. The Kier molecular flexibility index (Phi) is 8.24. The summed E-state index contributed by atoms with van der Waals surface area (Å²) in [6, 6.07) is 7.53. The third kappa shape index (κ3) is 4.90. The number of amides is 1. The summed E-state index contributed by atoms with van der Waals surface area (Å²) in [6.07, 6.45) is 0.506. The molecule has 0 saturated carbocycles. The highest BCUT2D eigenvalue weighted by Crippen LogP contribution is 2.45. The second-order valence-corrected chi connectivity index (χ2v) is 7.98. The first-order chi connectivity index (χ1) is 16.8. The zero-order chi connectivity index (χ0) is 25.7. The molecule has 0 aliphatic carbocycles. The van der Waals surface area contributed by atoms with E-state index in [1.807, 2.05) is 6.92 Å². The number of nitrogens with zero attached hydrogens (tertiary/aromatic N) is 1. The molecule has 9 heteroatoms. The summed E-state index contributed by atoms with van der Waals surface area (Å²) in [5.41, 5.74) is 1.68. The number of aliphatic hydroxyl groups is 1. The predicted molar refractivity (Wildman–Crippen MR) is 129 cm³/mol. The van der Waals surface area contributed by atoms with Gasteiger partial charge in [0.1, 0.15) is 11.5 Å². The van der Waals surface area contributed by atoms with Gasteiger partial charge < -0.3 is 33.7 Å². The standard InChI is InChI=1S/C26H31NO8/c1-15-12-16(8-9-18(15)32-3)23(28)21-22(27(10-7-11-31-2)26(30)24(21)29)17-13-19(33-4)25(35-6)20(14-17)34-5/h8-9,12-14,22,28H,7,10-11H2,1-6H3/b23-21+/t22-/m0/s1. The van der Waals surface area contributed by atoms with Crippen LogP contribution in [0.1, 0.15) is 29.2 Å². The van der Waals surface area contributed by atoms with Crippen molar-refractivity contribution >= 4 is 17.4 Å². The molecule has 1 atom stereocenters. The van der Waals surface area contributed by atoms with Gasteiger partial charge in [-0.05, 0) is 54.8 Å². The lowest BCUT2D eigenvalue weighted by Crippen LogP contribution is -2.31. The average Bonchev–Trinajstić information content (AvgIpc) is 3.12. The zero-order valence-electron chi connectivity index (χ0n) is 20.8. The van der Waals surface area contributed by atoms with E-state index in [9.17, 15) is 14.7 Å². The molecule has 188 valence electrons. The minimum atomic E-state index is -0.872. The highest BCUT2D eigenvalue weighted by molar-refractivity contribution is 6.46. The Morgan fingerprint density at radius 3 is 2.06 bits per heavy atom. The first-order valence-corrected chi connectivity index (χ1v) is 11.0. The third-order valence-electron chi connectivity index (χ3n) is 5.96. The molecule has 1 amide bonds. The van der Waals surface area contributed by atoms with Crippen LogP contribution in [-0.2, 0) is 14.3 Å². The Labute approximate surface area is 204 Å². The molecular weight excluding hydrogens is 454 g/mol. The van der Waals surface area contributed by atoms with Crippen LogP contribution in [0.3, 0.4) is 0 Å². The minimum Gasteiger partial charge on any atom is -0.507 e. The molecule has 0 unspecified atom stereocenters. The van der Waals surface area contributed by atoms with Crippen molar-refractivity contribution in [2.24, 2.45) is 0 Å². The van der Waals surface area contributed by atoms with E-state index >= 15 is 0 Å². The maximum Gasteiger partial charge on any atom is 0.295 e. The number of rotatable bonds is 10. The first kappa shape index (κ1) is 25.9. The van der Waals surface area contributed by atoms with E-state index in [0.29, 0.717) is 47.2 Å². The number of carbonyl (C=O) groups is 2. The normalized spacial score (nSPS) is 17.0. The van der Waals surface area contributed by atoms with Gasteiger partial charge in [-0.2, -0.15) is 0 Å². The van der Waals surface area contributed by atoms with E-state index in [0.717, 1.165) is 5.56 Å². The van der Waals surface area contributed by atoms with Crippen LogP contribution < -0.4 is 18.9 Å². The van der Waals surface area contributed by atoms with Gasteiger partial charge in [-0.3, -0.25) is 9.59 Å². The summed E-state index contributed by atoms with van der Waals surface area (Å²) in [4.78, 5) is 27.8. The summed E-state index contributed by atoms with van der Waals surface area (Å²) >= 11 is 0. The van der Waals surface area contributed by atoms with Gasteiger partial charge in [0, 0.05) is 25.8 Å². The summed E-state index contributed by atoms with van der Waals surface area (Å²) in [7, 11) is 7.57. The summed E-state index contributed by atoms with van der Waals surface area (Å²) in [5, 5.41) is 11.3. The third-order valence-corrected chi connectivity index (χ3v) is 5.96. The number of aryl methyl sites for hydroxylation is 1. The number of hydrogen-bond donors (Lipinski definition) is 1. The molecule has 9 nitrogen and oxygen atoms in total. The molecule has 35 heavy (non-hydrogen) atoms. The largest absolute Gasteiger partial charge is 0.507 e. The van der Waals surface area contributed by atoms with Crippen LogP contribution in [0.25, 0.3) is 5.76 Å². The second-order valence-electron chi connectivity index (χ2n) is 7.98. The van der Waals surface area contributed by atoms with E-state index < -0.39 is 17.7 Å². The average molecular weight is 486 g/mol. The molecule has 2 aromatic carbocycles. The fourth-order valence-electron chi connectivity index (χ4n) is 4.28. The summed E-state index contributed by atoms with van der Waals surface area (Å²) in [5.74, 6) is -0.00118. The van der Waals surface area contributed by atoms with Gasteiger partial charge in [0.25, 0.3) is 11.7 Å². The van der Waals surface area contributed by atoms with Gasteiger partial charge in [0.05, 0.1) is 40.1 Å². The van der Waals surface area contributed by atoms with Crippen molar-refractivity contribution in [1.29, 1.82) is 0 Å². The van der Waals surface area contributed by atoms with Crippen molar-refractivity contribution in [3.63, 3.8) is 0 Å². The molecule has 1 saturated heterocycles. The maximum atomic E-state index is 13.2. The Morgan fingerprint density at radius 1 is 0.914 bits per heavy atom. The van der Waals surface area contributed by atoms with Crippen LogP contribution in [0.5, 0.6) is 23.0 Å². The monoisotopic (exact) mass is 485 g/mol. The summed E-state index contributed by atoms with van der Waals surface area (Å²) in [6.45, 7) is 2.48. The number of aliphatic hydroxyl groups excluding tert-OH is 1. The van der Waals surface area contributed by atoms with E-state index in [1.54, 1.807) is 44.6 Å². The van der Waals surface area contributed by atoms with Crippen molar-refractivity contribution in [3.8, 4) is 23.0 Å². The maximum absolute atomic E-state index is 13.2. The Bertz CT molecular complexity index is 1120. The minimum absolute atomic E-state index is 0.0220. The number of hydrogen-bond acceptors (Lipinski definition) is 8. The lowest BCUT2D eigenvalue weighted by atomic mass is 9.94. The van der Waals surface area contributed by atoms with Crippen LogP contribution in [-0.4, -0.2) is 70.4 Å². The molecule has 1 aliphatic rings. The number of likely N-dealkylation sites (tertiary alicyclic amines) is 1. The van der Waals surface area contributed by atoms with Crippen LogP contribution in [0, 0.1) is 6.92 Å². The Balaban J connectivity index is 2.24. The predicted octanol–water partition coefficient (Wildman–Crippen LogP) is 3.49. The molecule has 1 heterocycles. The summed E-state index contributed by atoms with van der Waals surface area (Å²) < 4.78 is 26.8. The lowest BCUT2D eigenvalue weighted by molar-refractivity contribution is -0.140. The molecule has 0 radical (unpaired) electrons. The van der Waals surface area contributed by atoms with E-state index in [1.165, 1.54) is 26.2 Å². The number of ketones is 1. The van der Waals surface area contributed by atoms with Gasteiger partial charge in [-0.15, -0.1) is 0 Å². The van der Waals surface area contributed by atoms with Crippen molar-refractivity contribution in [3.05, 3.63) is 52.6 Å². The number of methoxy groups -OCH3 is 5. The van der Waals surface area contributed by atoms with Crippen molar-refractivity contribution in [2.45, 2.75) is 19.4 Å². The topological polar surface area (TPSA) is 104 Å². The van der Waals surface area contributed by atoms with Gasteiger partial charge in [0.15, 0.2) is 11.5 Å². The van der Waals surface area contributed by atoms with Crippen molar-refractivity contribution in [1.82, 2.24) is 4.90 Å². The van der Waals surface area contributed by atoms with Crippen LogP contribution in [0.2, 0.25) is 0 Å². The number of ether oxygens (including phenoxy) is 5.